The van der Waals surface area contributed by atoms with E-state index in [-0.39, 0.29) is 23.5 Å². The van der Waals surface area contributed by atoms with E-state index in [4.69, 9.17) is 4.74 Å². The van der Waals surface area contributed by atoms with Crippen molar-refractivity contribution < 1.29 is 27.4 Å². The van der Waals surface area contributed by atoms with Crippen LogP contribution in [0.3, 0.4) is 0 Å². The molecule has 2 aromatic heterocycles. The van der Waals surface area contributed by atoms with Gasteiger partial charge in [-0.3, -0.25) is 0 Å². The van der Waals surface area contributed by atoms with Gasteiger partial charge in [0.25, 0.3) is 5.69 Å². The van der Waals surface area contributed by atoms with Crippen molar-refractivity contribution in [3.8, 4) is 11.3 Å². The number of nitrogens with zero attached hydrogens (tertiary/aromatic N) is 3. The summed E-state index contributed by atoms with van der Waals surface area (Å²) in [6.45, 7) is 4.76. The van der Waals surface area contributed by atoms with Crippen LogP contribution in [0.4, 0.5) is 8.78 Å². The largest absolute Gasteiger partial charge is 0.452 e. The summed E-state index contributed by atoms with van der Waals surface area (Å²) >= 11 is 0. The third-order valence-corrected chi connectivity index (χ3v) is 8.20. The van der Waals surface area contributed by atoms with Crippen LogP contribution in [0.25, 0.3) is 11.3 Å². The molecular formula is C25H25F2N3O2+2. The highest BCUT2D eigenvalue weighted by Gasteiger charge is 2.74. The van der Waals surface area contributed by atoms with Crippen molar-refractivity contribution in [2.75, 3.05) is 0 Å². The van der Waals surface area contributed by atoms with Gasteiger partial charge in [0, 0.05) is 37.5 Å². The quantitative estimate of drug-likeness (QED) is 0.456. The lowest BCUT2D eigenvalue weighted by molar-refractivity contribution is -0.784. The van der Waals surface area contributed by atoms with Gasteiger partial charge in [0.05, 0.1) is 18.0 Å². The molecule has 2 aliphatic heterocycles. The zero-order valence-electron chi connectivity index (χ0n) is 18.3. The third kappa shape index (κ3) is 2.19. The van der Waals surface area contributed by atoms with Crippen LogP contribution in [0.2, 0.25) is 0 Å². The van der Waals surface area contributed by atoms with E-state index >= 15 is 4.39 Å². The Kier molecular flexibility index (Phi) is 3.82. The SMILES string of the molecule is CCC12c3cc(F)cc(F)c3-c3cccc[n+]3C1(C)CC2C1Cn2c[n+](C)cc2C(=O)O1. The van der Waals surface area contributed by atoms with E-state index in [0.717, 1.165) is 18.2 Å². The predicted molar refractivity (Wildman–Crippen MR) is 111 cm³/mol. The van der Waals surface area contributed by atoms with Gasteiger partial charge < -0.3 is 4.74 Å². The maximum atomic E-state index is 15.3. The minimum absolute atomic E-state index is 0.0666. The van der Waals surface area contributed by atoms with E-state index in [1.54, 1.807) is 6.20 Å². The van der Waals surface area contributed by atoms with Gasteiger partial charge in [-0.2, -0.15) is 4.57 Å². The summed E-state index contributed by atoms with van der Waals surface area (Å²) in [6.07, 6.45) is 6.68. The number of imidazole rings is 1. The fourth-order valence-electron chi connectivity index (χ4n) is 6.94. The summed E-state index contributed by atoms with van der Waals surface area (Å²) in [4.78, 5) is 12.8. The number of ether oxygens (including phenoxy) is 1. The van der Waals surface area contributed by atoms with Gasteiger partial charge in [-0.25, -0.2) is 22.7 Å². The Hall–Kier alpha value is -3.09. The lowest BCUT2D eigenvalue weighted by Gasteiger charge is -2.62. The lowest BCUT2D eigenvalue weighted by atomic mass is 9.42. The smallest absolute Gasteiger partial charge is 0.382 e. The van der Waals surface area contributed by atoms with Crippen molar-refractivity contribution in [2.24, 2.45) is 13.0 Å². The number of benzene rings is 1. The van der Waals surface area contributed by atoms with Crippen molar-refractivity contribution >= 4 is 5.97 Å². The number of cyclic esters (lactones) is 1. The van der Waals surface area contributed by atoms with Crippen molar-refractivity contribution in [1.29, 1.82) is 0 Å². The van der Waals surface area contributed by atoms with Crippen LogP contribution in [0, 0.1) is 17.6 Å². The summed E-state index contributed by atoms with van der Waals surface area (Å²) in [6, 6.07) is 8.18. The summed E-state index contributed by atoms with van der Waals surface area (Å²) in [5, 5.41) is 0. The molecule has 4 atom stereocenters. The van der Waals surface area contributed by atoms with Crippen LogP contribution < -0.4 is 9.13 Å². The molecule has 0 N–H and O–H groups in total. The van der Waals surface area contributed by atoms with Gasteiger partial charge in [0.15, 0.2) is 11.7 Å². The first-order chi connectivity index (χ1) is 15.3. The Morgan fingerprint density at radius 1 is 1.28 bits per heavy atom. The number of carbonyl (C=O) groups excluding carboxylic acids is 1. The van der Waals surface area contributed by atoms with Crippen LogP contribution in [0.5, 0.6) is 0 Å². The number of hydrogen-bond donors (Lipinski definition) is 0. The second-order valence-corrected chi connectivity index (χ2v) is 9.57. The number of carbonyl (C=O) groups is 1. The molecule has 0 saturated heterocycles. The Labute approximate surface area is 184 Å². The number of halogens is 2. The van der Waals surface area contributed by atoms with E-state index in [1.807, 2.05) is 46.9 Å². The van der Waals surface area contributed by atoms with Gasteiger partial charge in [0.2, 0.25) is 12.0 Å². The molecule has 4 heterocycles. The first-order valence-corrected chi connectivity index (χ1v) is 11.1. The molecule has 7 heteroatoms. The first-order valence-electron chi connectivity index (χ1n) is 11.1. The van der Waals surface area contributed by atoms with E-state index < -0.39 is 17.0 Å². The molecule has 5 nitrogen and oxygen atoms in total. The molecule has 32 heavy (non-hydrogen) atoms. The zero-order chi connectivity index (χ0) is 22.4. The average Bonchev–Trinajstić information content (AvgIpc) is 3.12. The average molecular weight is 437 g/mol. The molecule has 0 radical (unpaired) electrons. The number of fused-ring (bicyclic) bond motifs is 7. The first kappa shape index (κ1) is 19.6. The highest BCUT2D eigenvalue weighted by atomic mass is 19.1. The highest BCUT2D eigenvalue weighted by molar-refractivity contribution is 5.87. The van der Waals surface area contributed by atoms with Gasteiger partial charge in [-0.15, -0.1) is 0 Å². The van der Waals surface area contributed by atoms with Crippen molar-refractivity contribution in [1.82, 2.24) is 4.57 Å². The van der Waals surface area contributed by atoms with E-state index in [2.05, 4.69) is 18.4 Å². The molecule has 3 aliphatic rings. The van der Waals surface area contributed by atoms with E-state index in [0.29, 0.717) is 29.8 Å². The summed E-state index contributed by atoms with van der Waals surface area (Å²) in [7, 11) is 1.87. The molecular weight excluding hydrogens is 412 g/mol. The molecule has 1 aliphatic carbocycles. The molecule has 4 unspecified atom stereocenters. The van der Waals surface area contributed by atoms with Gasteiger partial charge in [-0.05, 0) is 24.1 Å². The standard InChI is InChI=1S/C25H25F2N3O2/c1-4-25-16-9-15(26)10-18(27)22(16)19-7-5-6-8-30(19)24(25,2)11-17(25)21-13-29-14-28(3)12-20(29)23(31)32-21/h5-10,12,14,17,21H,4,11,13H2,1-3H3/q+2. The molecule has 3 aromatic rings. The number of aromatic nitrogens is 3. The van der Waals surface area contributed by atoms with Crippen LogP contribution in [-0.2, 0) is 29.3 Å². The minimum Gasteiger partial charge on any atom is -0.452 e. The Balaban J connectivity index is 1.55. The summed E-state index contributed by atoms with van der Waals surface area (Å²) in [5.74, 6) is -1.55. The van der Waals surface area contributed by atoms with Crippen molar-refractivity contribution in [2.45, 2.75) is 50.3 Å². The molecule has 0 amide bonds. The maximum absolute atomic E-state index is 15.3. The van der Waals surface area contributed by atoms with E-state index in [9.17, 15) is 9.18 Å². The number of rotatable bonds is 2. The zero-order valence-corrected chi connectivity index (χ0v) is 18.3. The number of aryl methyl sites for hydroxylation is 1. The van der Waals surface area contributed by atoms with E-state index in [1.165, 1.54) is 6.07 Å². The Bertz CT molecular complexity index is 1300. The van der Waals surface area contributed by atoms with Gasteiger partial charge in [-0.1, -0.05) is 6.92 Å². The fourth-order valence-corrected chi connectivity index (χ4v) is 6.94. The van der Waals surface area contributed by atoms with Crippen LogP contribution in [0.1, 0.15) is 42.7 Å². The van der Waals surface area contributed by atoms with Crippen LogP contribution in [-0.4, -0.2) is 16.6 Å². The van der Waals surface area contributed by atoms with Crippen molar-refractivity contribution in [3.05, 3.63) is 71.9 Å². The topological polar surface area (TPSA) is 39.0 Å². The number of pyridine rings is 1. The fraction of sp³-hybridized carbons (Fsp3) is 0.400. The summed E-state index contributed by atoms with van der Waals surface area (Å²) in [5.41, 5.74) is 1.46. The highest BCUT2D eigenvalue weighted by Crippen LogP contribution is 2.65. The predicted octanol–water partition coefficient (Wildman–Crippen LogP) is 3.18. The van der Waals surface area contributed by atoms with Gasteiger partial charge >= 0.3 is 5.97 Å². The monoisotopic (exact) mass is 437 g/mol. The third-order valence-electron chi connectivity index (χ3n) is 8.20. The Morgan fingerprint density at radius 2 is 2.09 bits per heavy atom. The molecule has 1 saturated carbocycles. The molecule has 0 spiro atoms. The molecule has 0 bridgehead atoms. The molecule has 6 rings (SSSR count). The second kappa shape index (κ2) is 6.24. The van der Waals surface area contributed by atoms with Crippen molar-refractivity contribution in [3.63, 3.8) is 0 Å². The maximum Gasteiger partial charge on any atom is 0.382 e. The lowest BCUT2D eigenvalue weighted by Crippen LogP contribution is -2.80. The molecule has 1 aromatic carbocycles. The van der Waals surface area contributed by atoms with Crippen LogP contribution in [0.15, 0.2) is 49.1 Å². The number of esters is 1. The molecule has 164 valence electrons. The Morgan fingerprint density at radius 3 is 2.88 bits per heavy atom. The van der Waals surface area contributed by atoms with Gasteiger partial charge in [0.1, 0.15) is 30.5 Å². The van der Waals surface area contributed by atoms with Crippen LogP contribution >= 0.6 is 0 Å². The summed E-state index contributed by atoms with van der Waals surface area (Å²) < 4.78 is 41.7. The normalized spacial score (nSPS) is 29.8. The number of hydrogen-bond acceptors (Lipinski definition) is 2. The second-order valence-electron chi connectivity index (χ2n) is 9.57. The minimum atomic E-state index is -0.577. The molecule has 1 fully saturated rings.